The molecule has 0 aliphatic carbocycles. The third-order valence-electron chi connectivity index (χ3n) is 2.72. The second-order valence-corrected chi connectivity index (χ2v) is 4.31. The highest BCUT2D eigenvalue weighted by atomic mass is 16.5. The second kappa shape index (κ2) is 5.45. The Kier molecular flexibility index (Phi) is 3.34. The van der Waals surface area contributed by atoms with E-state index in [-0.39, 0.29) is 0 Å². The van der Waals surface area contributed by atoms with Crippen LogP contribution in [0.15, 0.2) is 48.7 Å². The fourth-order valence-electron chi connectivity index (χ4n) is 1.83. The van der Waals surface area contributed by atoms with Crippen LogP contribution in [0.2, 0.25) is 0 Å². The smallest absolute Gasteiger partial charge is 0.217 e. The third kappa shape index (κ3) is 2.78. The Morgan fingerprint density at radius 1 is 1.20 bits per heavy atom. The molecule has 20 heavy (non-hydrogen) atoms. The summed E-state index contributed by atoms with van der Waals surface area (Å²) in [4.78, 5) is 4.35. The van der Waals surface area contributed by atoms with Crippen LogP contribution in [-0.4, -0.2) is 21.2 Å². The molecule has 0 aliphatic heterocycles. The Bertz CT molecular complexity index is 782. The molecule has 0 fully saturated rings. The van der Waals surface area contributed by atoms with Gasteiger partial charge in [0.1, 0.15) is 0 Å². The highest BCUT2D eigenvalue weighted by molar-refractivity contribution is 5.40. The number of nitrogens with zero attached hydrogens (tertiary/aromatic N) is 3. The molecule has 0 amide bonds. The van der Waals surface area contributed by atoms with Gasteiger partial charge in [0.05, 0.1) is 5.69 Å². The van der Waals surface area contributed by atoms with Crippen molar-refractivity contribution in [2.24, 2.45) is 0 Å². The van der Waals surface area contributed by atoms with Gasteiger partial charge in [-0.1, -0.05) is 30.0 Å². The number of hydrogen-bond acceptors (Lipinski definition) is 3. The van der Waals surface area contributed by atoms with E-state index in [1.54, 1.807) is 10.6 Å². The van der Waals surface area contributed by atoms with Crippen molar-refractivity contribution < 1.29 is 4.74 Å². The summed E-state index contributed by atoms with van der Waals surface area (Å²) in [6, 6.07) is 13.5. The van der Waals surface area contributed by atoms with E-state index in [1.165, 1.54) is 0 Å². The van der Waals surface area contributed by atoms with Crippen LogP contribution >= 0.6 is 0 Å². The maximum atomic E-state index is 5.52. The molecule has 1 aromatic carbocycles. The predicted octanol–water partition coefficient (Wildman–Crippen LogP) is 2.47. The van der Waals surface area contributed by atoms with Gasteiger partial charge in [-0.25, -0.2) is 4.52 Å². The Morgan fingerprint density at radius 3 is 2.90 bits per heavy atom. The summed E-state index contributed by atoms with van der Waals surface area (Å²) in [5.74, 6) is 6.56. The minimum absolute atomic E-state index is 0.311. The zero-order valence-corrected chi connectivity index (χ0v) is 11.1. The number of ether oxygens (including phenoxy) is 1. The SMILES string of the molecule is Cc1cc2nc(OCC#Cc3ccccc3)ccn2n1. The van der Waals surface area contributed by atoms with E-state index >= 15 is 0 Å². The van der Waals surface area contributed by atoms with E-state index in [4.69, 9.17) is 4.74 Å². The van der Waals surface area contributed by atoms with Crippen LogP contribution in [0, 0.1) is 18.8 Å². The predicted molar refractivity (Wildman–Crippen MR) is 76.5 cm³/mol. The Morgan fingerprint density at radius 2 is 2.05 bits per heavy atom. The van der Waals surface area contributed by atoms with Gasteiger partial charge in [-0.2, -0.15) is 10.1 Å². The minimum atomic E-state index is 0.311. The third-order valence-corrected chi connectivity index (χ3v) is 2.72. The molecule has 2 aromatic heterocycles. The first-order valence-electron chi connectivity index (χ1n) is 6.31. The van der Waals surface area contributed by atoms with E-state index in [0.29, 0.717) is 12.5 Å². The maximum absolute atomic E-state index is 5.52. The molecule has 98 valence electrons. The Labute approximate surface area is 117 Å². The minimum Gasteiger partial charge on any atom is -0.464 e. The van der Waals surface area contributed by atoms with E-state index in [1.807, 2.05) is 49.5 Å². The van der Waals surface area contributed by atoms with E-state index in [2.05, 4.69) is 21.9 Å². The van der Waals surface area contributed by atoms with Gasteiger partial charge >= 0.3 is 0 Å². The van der Waals surface area contributed by atoms with Gasteiger partial charge in [0.2, 0.25) is 5.88 Å². The summed E-state index contributed by atoms with van der Waals surface area (Å²) >= 11 is 0. The molecule has 0 spiro atoms. The fraction of sp³-hybridized carbons (Fsp3) is 0.125. The zero-order chi connectivity index (χ0) is 13.8. The molecule has 0 atom stereocenters. The van der Waals surface area contributed by atoms with E-state index in [9.17, 15) is 0 Å². The van der Waals surface area contributed by atoms with Crippen LogP contribution in [-0.2, 0) is 0 Å². The monoisotopic (exact) mass is 263 g/mol. The lowest BCUT2D eigenvalue weighted by molar-refractivity contribution is 0.355. The summed E-state index contributed by atoms with van der Waals surface area (Å²) in [5, 5.41) is 4.26. The van der Waals surface area contributed by atoms with Crippen LogP contribution in [0.3, 0.4) is 0 Å². The lowest BCUT2D eigenvalue weighted by Gasteiger charge is -2.00. The molecular weight excluding hydrogens is 250 g/mol. The van der Waals surface area contributed by atoms with Crippen molar-refractivity contribution in [1.82, 2.24) is 14.6 Å². The Hall–Kier alpha value is -2.80. The lowest BCUT2D eigenvalue weighted by atomic mass is 10.2. The van der Waals surface area contributed by atoms with Gasteiger partial charge in [0.25, 0.3) is 0 Å². The van der Waals surface area contributed by atoms with Gasteiger partial charge in [0.15, 0.2) is 12.3 Å². The number of benzene rings is 1. The van der Waals surface area contributed by atoms with Crippen LogP contribution in [0.25, 0.3) is 5.65 Å². The summed E-state index contributed by atoms with van der Waals surface area (Å²) in [6.07, 6.45) is 1.83. The highest BCUT2D eigenvalue weighted by Crippen LogP contribution is 2.09. The number of aryl methyl sites for hydroxylation is 1. The first-order valence-corrected chi connectivity index (χ1v) is 6.31. The molecule has 0 radical (unpaired) electrons. The molecular formula is C16H13N3O. The number of fused-ring (bicyclic) bond motifs is 1. The molecule has 0 N–H and O–H groups in total. The standard InChI is InChI=1S/C16H13N3O/c1-13-12-15-17-16(9-10-19(15)18-13)20-11-5-8-14-6-3-2-4-7-14/h2-4,6-7,9-10,12H,11H2,1H3. The number of rotatable bonds is 2. The second-order valence-electron chi connectivity index (χ2n) is 4.31. The molecule has 4 heteroatoms. The molecule has 2 heterocycles. The number of hydrogen-bond donors (Lipinski definition) is 0. The van der Waals surface area contributed by atoms with Crippen molar-refractivity contribution >= 4 is 5.65 Å². The lowest BCUT2D eigenvalue weighted by Crippen LogP contribution is -1.98. The molecule has 0 unspecified atom stereocenters. The molecule has 3 rings (SSSR count). The fourth-order valence-corrected chi connectivity index (χ4v) is 1.83. The molecule has 0 saturated heterocycles. The van der Waals surface area contributed by atoms with Crippen molar-refractivity contribution in [3.05, 3.63) is 59.9 Å². The van der Waals surface area contributed by atoms with Crippen LogP contribution < -0.4 is 4.74 Å². The zero-order valence-electron chi connectivity index (χ0n) is 11.1. The van der Waals surface area contributed by atoms with Crippen molar-refractivity contribution in [2.45, 2.75) is 6.92 Å². The van der Waals surface area contributed by atoms with Crippen molar-refractivity contribution in [1.29, 1.82) is 0 Å². The van der Waals surface area contributed by atoms with E-state index in [0.717, 1.165) is 16.9 Å². The van der Waals surface area contributed by atoms with Crippen LogP contribution in [0.1, 0.15) is 11.3 Å². The topological polar surface area (TPSA) is 39.4 Å². The van der Waals surface area contributed by atoms with Crippen molar-refractivity contribution in [3.63, 3.8) is 0 Å². The first-order chi connectivity index (χ1) is 9.81. The molecule has 3 aromatic rings. The van der Waals surface area contributed by atoms with Gasteiger partial charge in [-0.05, 0) is 19.1 Å². The first kappa shape index (κ1) is 12.2. The van der Waals surface area contributed by atoms with Gasteiger partial charge in [0, 0.05) is 23.9 Å². The maximum Gasteiger partial charge on any atom is 0.217 e. The van der Waals surface area contributed by atoms with Crippen molar-refractivity contribution in [3.8, 4) is 17.7 Å². The summed E-state index contributed by atoms with van der Waals surface area (Å²) in [6.45, 7) is 2.24. The molecule has 0 saturated carbocycles. The van der Waals surface area contributed by atoms with E-state index < -0.39 is 0 Å². The van der Waals surface area contributed by atoms with Crippen molar-refractivity contribution in [2.75, 3.05) is 6.61 Å². The summed E-state index contributed by atoms with van der Waals surface area (Å²) < 4.78 is 7.24. The van der Waals surface area contributed by atoms with Gasteiger partial charge in [-0.3, -0.25) is 0 Å². The molecule has 0 aliphatic rings. The average Bonchev–Trinajstić information content (AvgIpc) is 2.84. The van der Waals surface area contributed by atoms with Gasteiger partial charge in [-0.15, -0.1) is 0 Å². The average molecular weight is 263 g/mol. The van der Waals surface area contributed by atoms with Crippen LogP contribution in [0.5, 0.6) is 5.88 Å². The Balaban J connectivity index is 1.67. The number of aromatic nitrogens is 3. The normalized spacial score (nSPS) is 10.1. The largest absolute Gasteiger partial charge is 0.464 e. The summed E-state index contributed by atoms with van der Waals surface area (Å²) in [7, 11) is 0. The highest BCUT2D eigenvalue weighted by Gasteiger charge is 2.00. The summed E-state index contributed by atoms with van der Waals surface area (Å²) in [5.41, 5.74) is 2.68. The van der Waals surface area contributed by atoms with Crippen LogP contribution in [0.4, 0.5) is 0 Å². The molecule has 0 bridgehead atoms. The molecule has 4 nitrogen and oxygen atoms in total. The quantitative estimate of drug-likeness (QED) is 0.667. The van der Waals surface area contributed by atoms with Gasteiger partial charge < -0.3 is 4.74 Å².